The zero-order valence-electron chi connectivity index (χ0n) is 14.5. The summed E-state index contributed by atoms with van der Waals surface area (Å²) in [5.74, 6) is 2.59. The highest BCUT2D eigenvalue weighted by molar-refractivity contribution is 7.99. The first kappa shape index (κ1) is 18.7. The number of rotatable bonds is 6. The quantitative estimate of drug-likeness (QED) is 0.788. The van der Waals surface area contributed by atoms with Crippen molar-refractivity contribution in [1.29, 1.82) is 0 Å². The molecule has 2 amide bonds. The Morgan fingerprint density at radius 1 is 1.32 bits per heavy atom. The van der Waals surface area contributed by atoms with Gasteiger partial charge in [-0.25, -0.2) is 0 Å². The van der Waals surface area contributed by atoms with Crippen LogP contribution in [0.5, 0.6) is 0 Å². The van der Waals surface area contributed by atoms with Gasteiger partial charge in [-0.15, -0.1) is 11.3 Å². The minimum Gasteiger partial charge on any atom is -0.355 e. The molecule has 0 radical (unpaired) electrons. The van der Waals surface area contributed by atoms with Gasteiger partial charge in [0.05, 0.1) is 0 Å². The lowest BCUT2D eigenvalue weighted by Crippen LogP contribution is -2.46. The molecule has 2 saturated heterocycles. The summed E-state index contributed by atoms with van der Waals surface area (Å²) in [5, 5.41) is 8.53. The van der Waals surface area contributed by atoms with E-state index in [4.69, 9.17) is 0 Å². The molecule has 1 atom stereocenters. The number of thioether (sulfide) groups is 1. The highest BCUT2D eigenvalue weighted by Crippen LogP contribution is 2.19. The summed E-state index contributed by atoms with van der Waals surface area (Å²) < 4.78 is 0. The minimum absolute atomic E-state index is 0.0516. The second-order valence-corrected chi connectivity index (χ2v) is 8.89. The van der Waals surface area contributed by atoms with Gasteiger partial charge in [-0.2, -0.15) is 11.8 Å². The molecule has 0 saturated carbocycles. The number of piperidine rings is 1. The topological polar surface area (TPSA) is 61.4 Å². The number of hydrogen-bond donors (Lipinski definition) is 2. The lowest BCUT2D eigenvalue weighted by atomic mass is 9.95. The van der Waals surface area contributed by atoms with Crippen molar-refractivity contribution in [2.24, 2.45) is 5.92 Å². The van der Waals surface area contributed by atoms with Crippen LogP contribution in [-0.2, 0) is 16.0 Å². The maximum atomic E-state index is 12.4. The number of hydrogen-bond acceptors (Lipinski definition) is 5. The molecule has 2 fully saturated rings. The molecule has 2 aliphatic heterocycles. The normalized spacial score (nSPS) is 21.9. The fraction of sp³-hybridized carbons (Fsp3) is 0.667. The summed E-state index contributed by atoms with van der Waals surface area (Å²) in [7, 11) is 0. The molecule has 1 aromatic heterocycles. The largest absolute Gasteiger partial charge is 0.355 e. The third-order valence-electron chi connectivity index (χ3n) is 4.89. The first-order valence-corrected chi connectivity index (χ1v) is 11.1. The first-order valence-electron chi connectivity index (χ1n) is 9.11. The van der Waals surface area contributed by atoms with Crippen molar-refractivity contribution < 1.29 is 9.59 Å². The number of nitrogens with one attached hydrogen (secondary N) is 2. The van der Waals surface area contributed by atoms with Gasteiger partial charge in [0.25, 0.3) is 0 Å². The Balaban J connectivity index is 1.34. The number of amides is 2. The molecule has 3 heterocycles. The van der Waals surface area contributed by atoms with Gasteiger partial charge < -0.3 is 15.5 Å². The third kappa shape index (κ3) is 5.72. The van der Waals surface area contributed by atoms with Gasteiger partial charge in [0, 0.05) is 60.9 Å². The van der Waals surface area contributed by atoms with E-state index in [0.29, 0.717) is 32.1 Å². The third-order valence-corrected chi connectivity index (χ3v) is 6.96. The lowest BCUT2D eigenvalue weighted by molar-refractivity contribution is -0.136. The van der Waals surface area contributed by atoms with E-state index in [1.54, 1.807) is 11.3 Å². The molecule has 3 rings (SSSR count). The van der Waals surface area contributed by atoms with Crippen LogP contribution in [0.4, 0.5) is 0 Å². The maximum absolute atomic E-state index is 12.4. The number of carbonyl (C=O) groups excluding carboxylic acids is 2. The van der Waals surface area contributed by atoms with Gasteiger partial charge in [0.1, 0.15) is 0 Å². The highest BCUT2D eigenvalue weighted by atomic mass is 32.2. The molecule has 1 aromatic rings. The van der Waals surface area contributed by atoms with Crippen LogP contribution in [0.2, 0.25) is 0 Å². The van der Waals surface area contributed by atoms with E-state index in [9.17, 15) is 9.59 Å². The van der Waals surface area contributed by atoms with Gasteiger partial charge in [0.15, 0.2) is 0 Å². The molecule has 25 heavy (non-hydrogen) atoms. The summed E-state index contributed by atoms with van der Waals surface area (Å²) in [5.41, 5.74) is 0. The Morgan fingerprint density at radius 3 is 2.84 bits per heavy atom. The number of thiophene rings is 1. The van der Waals surface area contributed by atoms with E-state index in [-0.39, 0.29) is 17.7 Å². The number of carbonyl (C=O) groups is 2. The minimum atomic E-state index is 0.0516. The Morgan fingerprint density at radius 2 is 2.16 bits per heavy atom. The molecule has 0 aliphatic carbocycles. The second-order valence-electron chi connectivity index (χ2n) is 6.71. The van der Waals surface area contributed by atoms with E-state index >= 15 is 0 Å². The van der Waals surface area contributed by atoms with Crippen molar-refractivity contribution in [1.82, 2.24) is 15.5 Å². The molecule has 2 N–H and O–H groups in total. The van der Waals surface area contributed by atoms with Crippen molar-refractivity contribution in [3.63, 3.8) is 0 Å². The van der Waals surface area contributed by atoms with E-state index in [0.717, 1.165) is 37.3 Å². The zero-order chi connectivity index (χ0) is 17.5. The smallest absolute Gasteiger partial charge is 0.224 e. The molecule has 2 aliphatic rings. The van der Waals surface area contributed by atoms with Gasteiger partial charge in [-0.3, -0.25) is 9.59 Å². The van der Waals surface area contributed by atoms with Gasteiger partial charge >= 0.3 is 0 Å². The fourth-order valence-electron chi connectivity index (χ4n) is 3.39. The van der Waals surface area contributed by atoms with Crippen molar-refractivity contribution in [3.05, 3.63) is 22.4 Å². The highest BCUT2D eigenvalue weighted by Gasteiger charge is 2.28. The molecular formula is C18H27N3O2S2. The molecule has 0 aromatic carbocycles. The average Bonchev–Trinajstić information content (AvgIpc) is 3.16. The van der Waals surface area contributed by atoms with Gasteiger partial charge in [-0.05, 0) is 30.7 Å². The number of nitrogens with zero attached hydrogens (tertiary/aromatic N) is 1. The molecule has 138 valence electrons. The molecular weight excluding hydrogens is 354 g/mol. The van der Waals surface area contributed by atoms with Crippen molar-refractivity contribution in [3.8, 4) is 0 Å². The van der Waals surface area contributed by atoms with Crippen molar-refractivity contribution >= 4 is 34.9 Å². The fourth-order valence-corrected chi connectivity index (χ4v) is 5.05. The van der Waals surface area contributed by atoms with Crippen LogP contribution >= 0.6 is 23.1 Å². The Labute approximate surface area is 157 Å². The SMILES string of the molecule is O=C(NCCc1cccs1)C1CCN(C(=O)CC2CSCCN2)CC1. The van der Waals surface area contributed by atoms with Crippen LogP contribution in [0.15, 0.2) is 17.5 Å². The number of likely N-dealkylation sites (tertiary alicyclic amines) is 1. The van der Waals surface area contributed by atoms with Crippen LogP contribution in [-0.4, -0.2) is 60.4 Å². The summed E-state index contributed by atoms with van der Waals surface area (Å²) in [6.07, 6.45) is 3.05. The molecule has 1 unspecified atom stereocenters. The average molecular weight is 382 g/mol. The first-order chi connectivity index (χ1) is 12.2. The lowest BCUT2D eigenvalue weighted by Gasteiger charge is -2.33. The van der Waals surface area contributed by atoms with Crippen LogP contribution in [0.3, 0.4) is 0 Å². The summed E-state index contributed by atoms with van der Waals surface area (Å²) in [6, 6.07) is 4.45. The van der Waals surface area contributed by atoms with Crippen LogP contribution < -0.4 is 10.6 Å². The molecule has 5 nitrogen and oxygen atoms in total. The molecule has 0 bridgehead atoms. The van der Waals surface area contributed by atoms with E-state index in [1.165, 1.54) is 4.88 Å². The zero-order valence-corrected chi connectivity index (χ0v) is 16.2. The van der Waals surface area contributed by atoms with E-state index in [1.807, 2.05) is 22.7 Å². The van der Waals surface area contributed by atoms with E-state index < -0.39 is 0 Å². The molecule has 7 heteroatoms. The maximum Gasteiger partial charge on any atom is 0.224 e. The van der Waals surface area contributed by atoms with Crippen LogP contribution in [0.1, 0.15) is 24.1 Å². The monoisotopic (exact) mass is 381 g/mol. The Kier molecular flexibility index (Phi) is 7.19. The Bertz CT molecular complexity index is 551. The van der Waals surface area contributed by atoms with Crippen LogP contribution in [0, 0.1) is 5.92 Å². The summed E-state index contributed by atoms with van der Waals surface area (Å²) >= 11 is 3.64. The van der Waals surface area contributed by atoms with Gasteiger partial charge in [-0.1, -0.05) is 6.07 Å². The standard InChI is InChI=1S/C18H27N3O2S2/c22-17(12-15-13-24-11-7-19-15)21-8-4-14(5-9-21)18(23)20-6-3-16-2-1-10-25-16/h1-2,10,14-15,19H,3-9,11-13H2,(H,20,23). The Hall–Kier alpha value is -1.05. The van der Waals surface area contributed by atoms with Crippen molar-refractivity contribution in [2.45, 2.75) is 31.7 Å². The van der Waals surface area contributed by atoms with Gasteiger partial charge in [0.2, 0.25) is 11.8 Å². The molecule has 0 spiro atoms. The predicted molar refractivity (Wildman–Crippen MR) is 104 cm³/mol. The van der Waals surface area contributed by atoms with E-state index in [2.05, 4.69) is 22.1 Å². The second kappa shape index (κ2) is 9.59. The van der Waals surface area contributed by atoms with Crippen molar-refractivity contribution in [2.75, 3.05) is 37.7 Å². The summed E-state index contributed by atoms with van der Waals surface area (Å²) in [4.78, 5) is 28.0. The predicted octanol–water partition coefficient (Wildman–Crippen LogP) is 1.74. The van der Waals surface area contributed by atoms with Crippen LogP contribution in [0.25, 0.3) is 0 Å². The summed E-state index contributed by atoms with van der Waals surface area (Å²) in [6.45, 7) is 3.11.